The molecule has 134 valence electrons. The molecule has 0 saturated heterocycles. The lowest BCUT2D eigenvalue weighted by atomic mass is 9.98. The van der Waals surface area contributed by atoms with Gasteiger partial charge in [0, 0.05) is 13.1 Å². The number of ketones is 1. The van der Waals surface area contributed by atoms with Crippen LogP contribution in [0.2, 0.25) is 0 Å². The third kappa shape index (κ3) is 2.78. The highest BCUT2D eigenvalue weighted by Gasteiger charge is 2.35. The van der Waals surface area contributed by atoms with Crippen molar-refractivity contribution in [3.8, 4) is 11.5 Å². The molecule has 0 aliphatic carbocycles. The average molecular weight is 353 g/mol. The molecule has 0 saturated carbocycles. The number of fused-ring (bicyclic) bond motifs is 3. The molecule has 2 aromatic rings. The van der Waals surface area contributed by atoms with Gasteiger partial charge in [-0.05, 0) is 55.7 Å². The van der Waals surface area contributed by atoms with Crippen LogP contribution in [-0.4, -0.2) is 17.4 Å². The van der Waals surface area contributed by atoms with Crippen molar-refractivity contribution in [1.29, 1.82) is 0 Å². The molecule has 2 aromatic carbocycles. The lowest BCUT2D eigenvalue weighted by molar-refractivity contribution is 0.0871. The number of hydrogen-bond acceptors (Lipinski definition) is 4. The molecule has 0 amide bonds. The van der Waals surface area contributed by atoms with E-state index in [2.05, 4.69) is 4.90 Å². The van der Waals surface area contributed by atoms with Crippen LogP contribution in [0.15, 0.2) is 41.7 Å². The molecule has 0 unspecified atom stereocenters. The molecule has 4 nitrogen and oxygen atoms in total. The van der Waals surface area contributed by atoms with Gasteiger partial charge in [-0.1, -0.05) is 12.1 Å². The topological polar surface area (TPSA) is 38.8 Å². The predicted octanol–water partition coefficient (Wildman–Crippen LogP) is 4.36. The summed E-state index contributed by atoms with van der Waals surface area (Å²) in [7, 11) is 0. The Kier molecular flexibility index (Phi) is 4.04. The fraction of sp³-hybridized carbons (Fsp3) is 0.286. The Hall–Kier alpha value is -2.66. The SMILES string of the molecule is CC(C)=C1Oc2c3c(cc(C)c2C1=O)OCN(Cc1ccc(F)cc1)C3. The summed E-state index contributed by atoms with van der Waals surface area (Å²) >= 11 is 0. The fourth-order valence-electron chi connectivity index (χ4n) is 3.44. The fourth-order valence-corrected chi connectivity index (χ4v) is 3.44. The lowest BCUT2D eigenvalue weighted by Crippen LogP contribution is -2.31. The van der Waals surface area contributed by atoms with Gasteiger partial charge in [0.15, 0.2) is 5.76 Å². The molecule has 0 N–H and O–H groups in total. The molecular formula is C21H20FNO3. The number of benzene rings is 2. The van der Waals surface area contributed by atoms with Crippen molar-refractivity contribution in [1.82, 2.24) is 4.90 Å². The number of halogens is 1. The van der Waals surface area contributed by atoms with Crippen molar-refractivity contribution in [2.75, 3.05) is 6.73 Å². The van der Waals surface area contributed by atoms with E-state index in [1.807, 2.05) is 26.8 Å². The van der Waals surface area contributed by atoms with E-state index in [1.165, 1.54) is 12.1 Å². The maximum Gasteiger partial charge on any atom is 0.232 e. The number of rotatable bonds is 2. The molecule has 0 aromatic heterocycles. The van der Waals surface area contributed by atoms with Crippen LogP contribution >= 0.6 is 0 Å². The van der Waals surface area contributed by atoms with Crippen LogP contribution in [0.4, 0.5) is 4.39 Å². The van der Waals surface area contributed by atoms with Gasteiger partial charge in [-0.3, -0.25) is 9.69 Å². The van der Waals surface area contributed by atoms with Crippen molar-refractivity contribution in [2.24, 2.45) is 0 Å². The molecule has 26 heavy (non-hydrogen) atoms. The van der Waals surface area contributed by atoms with E-state index in [4.69, 9.17) is 9.47 Å². The van der Waals surface area contributed by atoms with Crippen LogP contribution in [0.25, 0.3) is 0 Å². The van der Waals surface area contributed by atoms with Gasteiger partial charge in [0.05, 0.1) is 11.1 Å². The van der Waals surface area contributed by atoms with E-state index in [0.717, 1.165) is 28.0 Å². The van der Waals surface area contributed by atoms with Crippen molar-refractivity contribution < 1.29 is 18.7 Å². The first-order valence-electron chi connectivity index (χ1n) is 8.60. The van der Waals surface area contributed by atoms with Crippen molar-refractivity contribution in [3.05, 3.63) is 69.7 Å². The van der Waals surface area contributed by atoms with Gasteiger partial charge >= 0.3 is 0 Å². The van der Waals surface area contributed by atoms with Crippen LogP contribution < -0.4 is 9.47 Å². The molecule has 0 spiro atoms. The number of carbonyl (C=O) groups excluding carboxylic acids is 1. The standard InChI is InChI=1S/C21H20FNO3/c1-12(2)20-19(24)18-13(3)8-17-16(21(18)26-20)10-23(11-25-17)9-14-4-6-15(22)7-5-14/h4-8H,9-11H2,1-3H3. The van der Waals surface area contributed by atoms with Crippen LogP contribution in [0.5, 0.6) is 11.5 Å². The summed E-state index contributed by atoms with van der Waals surface area (Å²) in [4.78, 5) is 14.8. The molecule has 2 aliphatic rings. The maximum atomic E-state index is 13.1. The number of aryl methyl sites for hydroxylation is 1. The summed E-state index contributed by atoms with van der Waals surface area (Å²) in [5.74, 6) is 1.48. The second-order valence-corrected chi connectivity index (χ2v) is 7.02. The first-order chi connectivity index (χ1) is 12.4. The minimum Gasteiger partial charge on any atom is -0.478 e. The Morgan fingerprint density at radius 2 is 1.96 bits per heavy atom. The zero-order valence-electron chi connectivity index (χ0n) is 15.1. The Morgan fingerprint density at radius 1 is 1.23 bits per heavy atom. The van der Waals surface area contributed by atoms with E-state index < -0.39 is 0 Å². The number of Topliss-reactive ketones (excluding diaryl/α,β-unsaturated/α-hetero) is 1. The first kappa shape index (κ1) is 16.8. The number of hydrogen-bond donors (Lipinski definition) is 0. The van der Waals surface area contributed by atoms with Crippen LogP contribution in [0, 0.1) is 12.7 Å². The molecule has 5 heteroatoms. The lowest BCUT2D eigenvalue weighted by Gasteiger charge is -2.30. The second kappa shape index (κ2) is 6.25. The largest absolute Gasteiger partial charge is 0.478 e. The monoisotopic (exact) mass is 353 g/mol. The van der Waals surface area contributed by atoms with Crippen LogP contribution in [0.3, 0.4) is 0 Å². The zero-order valence-corrected chi connectivity index (χ0v) is 15.1. The normalized spacial score (nSPS) is 16.0. The summed E-state index contributed by atoms with van der Waals surface area (Å²) in [5.41, 5.74) is 4.26. The Bertz CT molecular complexity index is 927. The van der Waals surface area contributed by atoms with E-state index in [9.17, 15) is 9.18 Å². The van der Waals surface area contributed by atoms with Gasteiger partial charge in [-0.15, -0.1) is 0 Å². The quantitative estimate of drug-likeness (QED) is 0.752. The van der Waals surface area contributed by atoms with Gasteiger partial charge in [0.2, 0.25) is 5.78 Å². The highest BCUT2D eigenvalue weighted by molar-refractivity contribution is 6.14. The van der Waals surface area contributed by atoms with Crippen LogP contribution in [0.1, 0.15) is 40.9 Å². The van der Waals surface area contributed by atoms with Gasteiger partial charge in [0.25, 0.3) is 0 Å². The molecular weight excluding hydrogens is 333 g/mol. The van der Waals surface area contributed by atoms with E-state index >= 15 is 0 Å². The first-order valence-corrected chi connectivity index (χ1v) is 8.60. The molecule has 0 bridgehead atoms. The smallest absolute Gasteiger partial charge is 0.232 e. The van der Waals surface area contributed by atoms with Crippen LogP contribution in [-0.2, 0) is 13.1 Å². The maximum absolute atomic E-state index is 13.1. The molecule has 2 aliphatic heterocycles. The van der Waals surface area contributed by atoms with Crippen molar-refractivity contribution in [3.63, 3.8) is 0 Å². The minimum atomic E-state index is -0.247. The summed E-state index contributed by atoms with van der Waals surface area (Å²) in [6.07, 6.45) is 0. The third-order valence-corrected chi connectivity index (χ3v) is 4.74. The third-order valence-electron chi connectivity index (χ3n) is 4.74. The average Bonchev–Trinajstić information content (AvgIpc) is 2.96. The second-order valence-electron chi connectivity index (χ2n) is 7.02. The Balaban J connectivity index is 1.67. The van der Waals surface area contributed by atoms with E-state index in [-0.39, 0.29) is 11.6 Å². The summed E-state index contributed by atoms with van der Waals surface area (Å²) in [6.45, 7) is 7.33. The number of nitrogens with zero attached hydrogens (tertiary/aromatic N) is 1. The number of allylic oxidation sites excluding steroid dienone is 2. The Labute approximate surface area is 151 Å². The molecule has 0 fully saturated rings. The van der Waals surface area contributed by atoms with E-state index in [0.29, 0.717) is 36.9 Å². The molecule has 0 radical (unpaired) electrons. The highest BCUT2D eigenvalue weighted by Crippen LogP contribution is 2.44. The van der Waals surface area contributed by atoms with Gasteiger partial charge < -0.3 is 9.47 Å². The summed E-state index contributed by atoms with van der Waals surface area (Å²) in [6, 6.07) is 8.37. The van der Waals surface area contributed by atoms with Crippen molar-refractivity contribution in [2.45, 2.75) is 33.9 Å². The molecule has 0 atom stereocenters. The van der Waals surface area contributed by atoms with Gasteiger partial charge in [0.1, 0.15) is 24.0 Å². The van der Waals surface area contributed by atoms with E-state index in [1.54, 1.807) is 12.1 Å². The number of ether oxygens (including phenoxy) is 2. The molecule has 2 heterocycles. The van der Waals surface area contributed by atoms with Crippen molar-refractivity contribution >= 4 is 5.78 Å². The zero-order chi connectivity index (χ0) is 18.4. The van der Waals surface area contributed by atoms with Gasteiger partial charge in [-0.25, -0.2) is 4.39 Å². The Morgan fingerprint density at radius 3 is 2.65 bits per heavy atom. The highest BCUT2D eigenvalue weighted by atomic mass is 19.1. The van der Waals surface area contributed by atoms with Gasteiger partial charge in [-0.2, -0.15) is 0 Å². The molecule has 4 rings (SSSR count). The minimum absolute atomic E-state index is 0.0593. The summed E-state index contributed by atoms with van der Waals surface area (Å²) < 4.78 is 25.0. The number of carbonyl (C=O) groups is 1. The summed E-state index contributed by atoms with van der Waals surface area (Å²) in [5, 5.41) is 0. The predicted molar refractivity (Wildman–Crippen MR) is 95.7 cm³/mol.